The second-order valence-electron chi connectivity index (χ2n) is 5.36. The van der Waals surface area contributed by atoms with Crippen LogP contribution in [0.3, 0.4) is 0 Å². The van der Waals surface area contributed by atoms with Crippen molar-refractivity contribution >= 4 is 22.6 Å². The number of hydrogen-bond donors (Lipinski definition) is 1. The Morgan fingerprint density at radius 3 is 2.52 bits per heavy atom. The Morgan fingerprint density at radius 1 is 1.04 bits per heavy atom. The molecule has 0 aliphatic carbocycles. The van der Waals surface area contributed by atoms with Crippen LogP contribution in [-0.4, -0.2) is 22.0 Å². The van der Waals surface area contributed by atoms with Gasteiger partial charge in [0, 0.05) is 0 Å². The van der Waals surface area contributed by atoms with E-state index in [0.29, 0.717) is 17.0 Å². The number of hydrogen-bond acceptors (Lipinski definition) is 4. The molecule has 3 rings (SSSR count). The van der Waals surface area contributed by atoms with E-state index in [-0.39, 0.29) is 17.7 Å². The summed E-state index contributed by atoms with van der Waals surface area (Å²) in [5, 5.41) is 2.83. The summed E-state index contributed by atoms with van der Waals surface area (Å²) in [4.78, 5) is 21.0. The molecule has 0 unspecified atom stereocenters. The summed E-state index contributed by atoms with van der Waals surface area (Å²) in [5.74, 6) is 0.313. The van der Waals surface area contributed by atoms with Gasteiger partial charge in [-0.25, -0.2) is 4.98 Å². The molecule has 0 spiro atoms. The number of ether oxygens (including phenoxy) is 1. The van der Waals surface area contributed by atoms with Gasteiger partial charge in [-0.3, -0.25) is 9.78 Å². The van der Waals surface area contributed by atoms with Crippen LogP contribution < -0.4 is 10.1 Å². The normalized spacial score (nSPS) is 10.7. The van der Waals surface area contributed by atoms with Crippen molar-refractivity contribution in [2.75, 3.05) is 5.32 Å². The van der Waals surface area contributed by atoms with E-state index in [1.54, 1.807) is 6.07 Å². The van der Waals surface area contributed by atoms with Gasteiger partial charge in [0.05, 0.1) is 29.0 Å². The molecular weight excluding hydrogens is 290 g/mol. The first-order valence-electron chi connectivity index (χ1n) is 7.42. The number of carbonyl (C=O) groups is 1. The van der Waals surface area contributed by atoms with Crippen molar-refractivity contribution in [1.29, 1.82) is 0 Å². The van der Waals surface area contributed by atoms with Gasteiger partial charge in [0.1, 0.15) is 11.4 Å². The van der Waals surface area contributed by atoms with Crippen LogP contribution in [0.1, 0.15) is 24.3 Å². The number of para-hydroxylation sites is 4. The maximum atomic E-state index is 12.4. The molecule has 23 heavy (non-hydrogen) atoms. The Morgan fingerprint density at radius 2 is 1.74 bits per heavy atom. The van der Waals surface area contributed by atoms with Crippen molar-refractivity contribution in [2.24, 2.45) is 0 Å². The third-order valence-electron chi connectivity index (χ3n) is 3.18. The van der Waals surface area contributed by atoms with Gasteiger partial charge in [-0.1, -0.05) is 24.3 Å². The number of nitrogens with one attached hydrogen (secondary N) is 1. The molecular formula is C18H17N3O2. The van der Waals surface area contributed by atoms with Gasteiger partial charge in [-0.15, -0.1) is 0 Å². The van der Waals surface area contributed by atoms with Gasteiger partial charge >= 0.3 is 0 Å². The first-order valence-corrected chi connectivity index (χ1v) is 7.42. The standard InChI is InChI=1S/C18H17N3O2/c1-12(2)23-17-10-6-5-9-15(17)21-18(22)16-11-19-13-7-3-4-8-14(13)20-16/h3-12H,1-2H3,(H,21,22). The van der Waals surface area contributed by atoms with Crippen molar-refractivity contribution in [1.82, 2.24) is 9.97 Å². The fourth-order valence-electron chi connectivity index (χ4n) is 2.18. The highest BCUT2D eigenvalue weighted by Crippen LogP contribution is 2.25. The van der Waals surface area contributed by atoms with Crippen molar-refractivity contribution in [3.05, 3.63) is 60.4 Å². The first-order chi connectivity index (χ1) is 11.1. The van der Waals surface area contributed by atoms with E-state index in [0.717, 1.165) is 5.52 Å². The van der Waals surface area contributed by atoms with Gasteiger partial charge in [0.15, 0.2) is 0 Å². The number of benzene rings is 2. The van der Waals surface area contributed by atoms with Gasteiger partial charge in [0.25, 0.3) is 5.91 Å². The molecule has 0 fully saturated rings. The lowest BCUT2D eigenvalue weighted by molar-refractivity contribution is 0.102. The van der Waals surface area contributed by atoms with Gasteiger partial charge < -0.3 is 10.1 Å². The molecule has 1 N–H and O–H groups in total. The van der Waals surface area contributed by atoms with Gasteiger partial charge in [-0.2, -0.15) is 0 Å². The molecule has 5 nitrogen and oxygen atoms in total. The molecule has 0 aliphatic heterocycles. The summed E-state index contributed by atoms with van der Waals surface area (Å²) in [7, 11) is 0. The van der Waals surface area contributed by atoms with E-state index in [1.165, 1.54) is 6.20 Å². The number of aromatic nitrogens is 2. The van der Waals surface area contributed by atoms with E-state index in [1.807, 2.05) is 56.3 Å². The van der Waals surface area contributed by atoms with Crippen molar-refractivity contribution in [3.63, 3.8) is 0 Å². The molecule has 0 radical (unpaired) electrons. The summed E-state index contributed by atoms with van der Waals surface area (Å²) < 4.78 is 5.70. The smallest absolute Gasteiger partial charge is 0.275 e. The Bertz CT molecular complexity index is 846. The lowest BCUT2D eigenvalue weighted by Gasteiger charge is -2.14. The van der Waals surface area contributed by atoms with Crippen LogP contribution >= 0.6 is 0 Å². The Hall–Kier alpha value is -2.95. The molecule has 0 saturated heterocycles. The number of rotatable bonds is 4. The zero-order valence-electron chi connectivity index (χ0n) is 13.0. The largest absolute Gasteiger partial charge is 0.489 e. The van der Waals surface area contributed by atoms with Crippen molar-refractivity contribution < 1.29 is 9.53 Å². The second-order valence-corrected chi connectivity index (χ2v) is 5.36. The Labute approximate surface area is 134 Å². The molecule has 0 atom stereocenters. The second kappa shape index (κ2) is 6.44. The van der Waals surface area contributed by atoms with Crippen LogP contribution in [0.4, 0.5) is 5.69 Å². The average molecular weight is 307 g/mol. The van der Waals surface area contributed by atoms with E-state index in [4.69, 9.17) is 4.74 Å². The molecule has 5 heteroatoms. The topological polar surface area (TPSA) is 64.1 Å². The molecule has 1 amide bonds. The lowest BCUT2D eigenvalue weighted by Crippen LogP contribution is -2.16. The predicted molar refractivity (Wildman–Crippen MR) is 89.7 cm³/mol. The summed E-state index contributed by atoms with van der Waals surface area (Å²) in [6.07, 6.45) is 1.50. The molecule has 0 saturated carbocycles. The Kier molecular flexibility index (Phi) is 4.19. The van der Waals surface area contributed by atoms with Crippen molar-refractivity contribution in [2.45, 2.75) is 20.0 Å². The fourth-order valence-corrected chi connectivity index (χ4v) is 2.18. The Balaban J connectivity index is 1.86. The van der Waals surface area contributed by atoms with Crippen LogP contribution in [-0.2, 0) is 0 Å². The molecule has 1 aromatic heterocycles. The van der Waals surface area contributed by atoms with Crippen molar-refractivity contribution in [3.8, 4) is 5.75 Å². The van der Waals surface area contributed by atoms with E-state index in [2.05, 4.69) is 15.3 Å². The van der Waals surface area contributed by atoms with Gasteiger partial charge in [-0.05, 0) is 38.1 Å². The SMILES string of the molecule is CC(C)Oc1ccccc1NC(=O)c1cnc2ccccc2n1. The van der Waals surface area contributed by atoms with E-state index >= 15 is 0 Å². The third kappa shape index (κ3) is 3.45. The molecule has 0 bridgehead atoms. The molecule has 0 aliphatic rings. The third-order valence-corrected chi connectivity index (χ3v) is 3.18. The molecule has 2 aromatic carbocycles. The maximum Gasteiger partial charge on any atom is 0.275 e. The average Bonchev–Trinajstić information content (AvgIpc) is 2.55. The van der Waals surface area contributed by atoms with Crippen LogP contribution in [0.5, 0.6) is 5.75 Å². The number of anilines is 1. The number of carbonyl (C=O) groups excluding carboxylic acids is 1. The van der Waals surface area contributed by atoms with E-state index in [9.17, 15) is 4.79 Å². The number of nitrogens with zero attached hydrogens (tertiary/aromatic N) is 2. The predicted octanol–water partition coefficient (Wildman–Crippen LogP) is 3.67. The summed E-state index contributed by atoms with van der Waals surface area (Å²) in [6.45, 7) is 3.88. The summed E-state index contributed by atoms with van der Waals surface area (Å²) in [6, 6.07) is 14.8. The quantitative estimate of drug-likeness (QED) is 0.798. The summed E-state index contributed by atoms with van der Waals surface area (Å²) >= 11 is 0. The highest BCUT2D eigenvalue weighted by molar-refractivity contribution is 6.04. The van der Waals surface area contributed by atoms with Gasteiger partial charge in [0.2, 0.25) is 0 Å². The van der Waals surface area contributed by atoms with Crippen LogP contribution in [0.25, 0.3) is 11.0 Å². The van der Waals surface area contributed by atoms with Crippen LogP contribution in [0.2, 0.25) is 0 Å². The van der Waals surface area contributed by atoms with Crippen LogP contribution in [0.15, 0.2) is 54.7 Å². The summed E-state index contributed by atoms with van der Waals surface area (Å²) in [5.41, 5.74) is 2.32. The minimum absolute atomic E-state index is 0.0218. The first kappa shape index (κ1) is 15.0. The highest BCUT2D eigenvalue weighted by Gasteiger charge is 2.12. The van der Waals surface area contributed by atoms with Crippen LogP contribution in [0, 0.1) is 0 Å². The molecule has 116 valence electrons. The number of fused-ring (bicyclic) bond motifs is 1. The monoisotopic (exact) mass is 307 g/mol. The lowest BCUT2D eigenvalue weighted by atomic mass is 10.2. The minimum atomic E-state index is -0.317. The fraction of sp³-hybridized carbons (Fsp3) is 0.167. The molecule has 3 aromatic rings. The molecule has 1 heterocycles. The van der Waals surface area contributed by atoms with E-state index < -0.39 is 0 Å². The maximum absolute atomic E-state index is 12.4. The zero-order valence-corrected chi connectivity index (χ0v) is 13.0. The zero-order chi connectivity index (χ0) is 16.2. The number of amides is 1. The highest BCUT2D eigenvalue weighted by atomic mass is 16.5. The minimum Gasteiger partial charge on any atom is -0.489 e.